The number of amides is 1. The topological polar surface area (TPSA) is 103 Å². The van der Waals surface area contributed by atoms with Crippen molar-refractivity contribution in [2.24, 2.45) is 0 Å². The van der Waals surface area contributed by atoms with Crippen LogP contribution in [0.25, 0.3) is 11.0 Å². The summed E-state index contributed by atoms with van der Waals surface area (Å²) in [6.45, 7) is 5.54. The Morgan fingerprint density at radius 1 is 1.14 bits per heavy atom. The third-order valence-corrected chi connectivity index (χ3v) is 4.24. The Hall–Kier alpha value is -3.55. The lowest BCUT2D eigenvalue weighted by molar-refractivity contribution is -0.123. The van der Waals surface area contributed by atoms with E-state index in [4.69, 9.17) is 4.74 Å². The molecule has 3 aromatic rings. The molecule has 1 aromatic heterocycles. The molecule has 0 saturated heterocycles. The molecule has 1 N–H and O–H groups in total. The van der Waals surface area contributed by atoms with E-state index in [0.717, 1.165) is 5.52 Å². The lowest BCUT2D eigenvalue weighted by Gasteiger charge is -2.14. The van der Waals surface area contributed by atoms with Crippen molar-refractivity contribution in [1.29, 1.82) is 0 Å². The van der Waals surface area contributed by atoms with E-state index < -0.39 is 18.0 Å². The highest BCUT2D eigenvalue weighted by Gasteiger charge is 2.20. The van der Waals surface area contributed by atoms with Crippen LogP contribution in [0.1, 0.15) is 41.5 Å². The first kappa shape index (κ1) is 19.2. The number of carbonyl (C=O) groups excluding carboxylic acids is 3. The van der Waals surface area contributed by atoms with Crippen molar-refractivity contribution in [2.45, 2.75) is 33.4 Å². The van der Waals surface area contributed by atoms with Gasteiger partial charge in [-0.2, -0.15) is 0 Å². The van der Waals surface area contributed by atoms with Gasteiger partial charge in [0.25, 0.3) is 5.91 Å². The van der Waals surface area contributed by atoms with Gasteiger partial charge in [0.15, 0.2) is 11.9 Å². The van der Waals surface area contributed by atoms with Crippen LogP contribution in [0.3, 0.4) is 0 Å². The number of carbonyl (C=O) groups is 3. The van der Waals surface area contributed by atoms with Gasteiger partial charge in [0.05, 0.1) is 11.1 Å². The molecule has 0 unspecified atom stereocenters. The van der Waals surface area contributed by atoms with Crippen LogP contribution in [0.5, 0.6) is 0 Å². The number of aryl methyl sites for hydroxylation is 1. The molecule has 0 bridgehead atoms. The number of fused-ring (bicyclic) bond motifs is 1. The molecular weight excluding hydrogens is 360 g/mol. The highest BCUT2D eigenvalue weighted by molar-refractivity contribution is 6.00. The minimum atomic E-state index is -1.02. The van der Waals surface area contributed by atoms with E-state index >= 15 is 0 Å². The van der Waals surface area contributed by atoms with E-state index in [-0.39, 0.29) is 11.3 Å². The zero-order valence-electron chi connectivity index (χ0n) is 15.8. The molecule has 144 valence electrons. The van der Waals surface area contributed by atoms with Crippen LogP contribution in [0, 0.1) is 0 Å². The number of aromatic nitrogens is 3. The number of nitrogens with one attached hydrogen (secondary N) is 1. The van der Waals surface area contributed by atoms with Crippen LogP contribution in [0.2, 0.25) is 0 Å². The first-order chi connectivity index (χ1) is 13.4. The Bertz CT molecular complexity index is 1060. The Morgan fingerprint density at radius 3 is 2.64 bits per heavy atom. The number of ether oxygens (including phenoxy) is 1. The van der Waals surface area contributed by atoms with E-state index in [9.17, 15) is 14.4 Å². The number of ketones is 1. The number of hydrogen-bond donors (Lipinski definition) is 1. The molecule has 2 aromatic carbocycles. The van der Waals surface area contributed by atoms with Crippen molar-refractivity contribution in [1.82, 2.24) is 15.0 Å². The molecule has 1 heterocycles. The van der Waals surface area contributed by atoms with Gasteiger partial charge in [-0.3, -0.25) is 9.59 Å². The lowest BCUT2D eigenvalue weighted by Crippen LogP contribution is -2.30. The highest BCUT2D eigenvalue weighted by Crippen LogP contribution is 2.16. The Balaban J connectivity index is 1.67. The SMILES string of the molecule is CCn1nnc2cc(C(=O)O[C@H](C)C(=O)Nc3cccc(C(C)=O)c3)ccc21. The van der Waals surface area contributed by atoms with Crippen LogP contribution in [0.15, 0.2) is 42.5 Å². The molecule has 1 atom stereocenters. The quantitative estimate of drug-likeness (QED) is 0.521. The second-order valence-corrected chi connectivity index (χ2v) is 6.28. The van der Waals surface area contributed by atoms with Gasteiger partial charge in [-0.15, -0.1) is 5.10 Å². The Labute approximate surface area is 161 Å². The van der Waals surface area contributed by atoms with Crippen molar-refractivity contribution in [3.8, 4) is 0 Å². The fraction of sp³-hybridized carbons (Fsp3) is 0.250. The van der Waals surface area contributed by atoms with Gasteiger partial charge in [-0.05, 0) is 51.1 Å². The molecule has 0 spiro atoms. The Kier molecular flexibility index (Phi) is 5.49. The number of hydrogen-bond acceptors (Lipinski definition) is 6. The summed E-state index contributed by atoms with van der Waals surface area (Å²) in [4.78, 5) is 36.1. The van der Waals surface area contributed by atoms with Gasteiger partial charge in [0.2, 0.25) is 0 Å². The second-order valence-electron chi connectivity index (χ2n) is 6.28. The van der Waals surface area contributed by atoms with E-state index in [0.29, 0.717) is 23.3 Å². The summed E-state index contributed by atoms with van der Waals surface area (Å²) in [5.74, 6) is -1.23. The number of benzene rings is 2. The van der Waals surface area contributed by atoms with E-state index in [1.807, 2.05) is 6.92 Å². The first-order valence-electron chi connectivity index (χ1n) is 8.85. The first-order valence-corrected chi connectivity index (χ1v) is 8.85. The third-order valence-electron chi connectivity index (χ3n) is 4.24. The maximum atomic E-state index is 12.4. The monoisotopic (exact) mass is 380 g/mol. The fourth-order valence-electron chi connectivity index (χ4n) is 2.67. The lowest BCUT2D eigenvalue weighted by atomic mass is 10.1. The third kappa shape index (κ3) is 4.06. The van der Waals surface area contributed by atoms with E-state index in [2.05, 4.69) is 15.6 Å². The summed E-state index contributed by atoms with van der Waals surface area (Å²) in [5, 5.41) is 10.7. The molecule has 3 rings (SSSR count). The zero-order valence-corrected chi connectivity index (χ0v) is 15.8. The largest absolute Gasteiger partial charge is 0.449 e. The molecule has 0 fully saturated rings. The molecule has 0 aliphatic carbocycles. The van der Waals surface area contributed by atoms with Gasteiger partial charge in [-0.1, -0.05) is 17.3 Å². The molecule has 0 aliphatic heterocycles. The van der Waals surface area contributed by atoms with Crippen molar-refractivity contribution in [3.05, 3.63) is 53.6 Å². The van der Waals surface area contributed by atoms with Gasteiger partial charge >= 0.3 is 5.97 Å². The maximum Gasteiger partial charge on any atom is 0.338 e. The normalized spacial score (nSPS) is 11.8. The van der Waals surface area contributed by atoms with Gasteiger partial charge in [-0.25, -0.2) is 9.48 Å². The molecule has 0 saturated carbocycles. The smallest absolute Gasteiger partial charge is 0.338 e. The maximum absolute atomic E-state index is 12.4. The molecular formula is C20H20N4O4. The van der Waals surface area contributed by atoms with Crippen molar-refractivity contribution < 1.29 is 19.1 Å². The summed E-state index contributed by atoms with van der Waals surface area (Å²) in [5.41, 5.74) is 2.62. The summed E-state index contributed by atoms with van der Waals surface area (Å²) in [6, 6.07) is 11.5. The van der Waals surface area contributed by atoms with Gasteiger partial charge < -0.3 is 10.1 Å². The molecule has 0 aliphatic rings. The average molecular weight is 380 g/mol. The number of rotatable bonds is 6. The molecule has 8 nitrogen and oxygen atoms in total. The van der Waals surface area contributed by atoms with Crippen LogP contribution < -0.4 is 5.32 Å². The van der Waals surface area contributed by atoms with E-state index in [1.54, 1.807) is 47.1 Å². The zero-order chi connectivity index (χ0) is 20.3. The van der Waals surface area contributed by atoms with Crippen LogP contribution in [-0.2, 0) is 16.1 Å². The average Bonchev–Trinajstić information content (AvgIpc) is 3.10. The molecule has 28 heavy (non-hydrogen) atoms. The van der Waals surface area contributed by atoms with Crippen molar-refractivity contribution in [3.63, 3.8) is 0 Å². The predicted molar refractivity (Wildman–Crippen MR) is 103 cm³/mol. The highest BCUT2D eigenvalue weighted by atomic mass is 16.5. The number of nitrogens with zero attached hydrogens (tertiary/aromatic N) is 3. The summed E-state index contributed by atoms with van der Waals surface area (Å²) in [6.07, 6.45) is -1.02. The van der Waals surface area contributed by atoms with Crippen LogP contribution >= 0.6 is 0 Å². The molecule has 8 heteroatoms. The second kappa shape index (κ2) is 7.99. The predicted octanol–water partition coefficient (Wildman–Crippen LogP) is 2.84. The number of anilines is 1. The minimum Gasteiger partial charge on any atom is -0.449 e. The minimum absolute atomic E-state index is 0.106. The van der Waals surface area contributed by atoms with Gasteiger partial charge in [0, 0.05) is 17.8 Å². The van der Waals surface area contributed by atoms with Crippen LogP contribution in [0.4, 0.5) is 5.69 Å². The van der Waals surface area contributed by atoms with Gasteiger partial charge in [0.1, 0.15) is 5.52 Å². The Morgan fingerprint density at radius 2 is 1.93 bits per heavy atom. The number of esters is 1. The summed E-state index contributed by atoms with van der Waals surface area (Å²) < 4.78 is 6.98. The van der Waals surface area contributed by atoms with Crippen LogP contribution in [-0.4, -0.2) is 38.8 Å². The van der Waals surface area contributed by atoms with Crippen molar-refractivity contribution >= 4 is 34.4 Å². The standard InChI is InChI=1S/C20H20N4O4/c1-4-24-18-9-8-15(11-17(18)22-23-24)20(27)28-13(3)19(26)21-16-7-5-6-14(10-16)12(2)25/h5-11,13H,4H2,1-3H3,(H,21,26)/t13-/m1/s1. The summed E-state index contributed by atoms with van der Waals surface area (Å²) >= 11 is 0. The molecule has 1 amide bonds. The molecule has 0 radical (unpaired) electrons. The summed E-state index contributed by atoms with van der Waals surface area (Å²) in [7, 11) is 0. The van der Waals surface area contributed by atoms with Crippen molar-refractivity contribution in [2.75, 3.05) is 5.32 Å². The number of Topliss-reactive ketones (excluding diaryl/α,β-unsaturated/α-hetero) is 1. The fourth-order valence-corrected chi connectivity index (χ4v) is 2.67. The van der Waals surface area contributed by atoms with E-state index in [1.165, 1.54) is 13.8 Å².